The molecule has 0 heterocycles. The quantitative estimate of drug-likeness (QED) is 0.687. The normalized spacial score (nSPS) is 25.0. The smallest absolute Gasteiger partial charge is 0.166 e. The van der Waals surface area contributed by atoms with Gasteiger partial charge in [-0.25, -0.2) is 0 Å². The van der Waals surface area contributed by atoms with E-state index in [-0.39, 0.29) is 0 Å². The number of carbonyl (C=O) groups is 1. The maximum Gasteiger partial charge on any atom is 0.166 e. The molecule has 0 aliphatic heterocycles. The van der Waals surface area contributed by atoms with Crippen molar-refractivity contribution < 1.29 is 4.79 Å². The lowest BCUT2D eigenvalue weighted by atomic mass is 9.90. The fourth-order valence-corrected chi connectivity index (χ4v) is 2.85. The van der Waals surface area contributed by atoms with Crippen LogP contribution in [0.5, 0.6) is 0 Å². The molecule has 1 aromatic rings. The minimum absolute atomic E-state index is 0.316. The predicted octanol–water partition coefficient (Wildman–Crippen LogP) is 3.62. The fourth-order valence-electron chi connectivity index (χ4n) is 2.85. The standard InChI is InChI=1S/C15H18O/c16-15-13(10-11-8-9-11)6-3-5-12-4-1-2-7-14(12)15/h1-2,4,7,11,13H,3,5-6,8-10H2. The predicted molar refractivity (Wildman–Crippen MR) is 64.5 cm³/mol. The number of hydrogen-bond acceptors (Lipinski definition) is 1. The van der Waals surface area contributed by atoms with Gasteiger partial charge in [-0.15, -0.1) is 0 Å². The van der Waals surface area contributed by atoms with E-state index in [0.717, 1.165) is 30.7 Å². The molecule has 16 heavy (non-hydrogen) atoms. The maximum atomic E-state index is 12.4. The summed E-state index contributed by atoms with van der Waals surface area (Å²) in [5.41, 5.74) is 2.27. The first-order chi connectivity index (χ1) is 7.84. The minimum Gasteiger partial charge on any atom is -0.294 e. The molecule has 0 spiro atoms. The Morgan fingerprint density at radius 2 is 1.94 bits per heavy atom. The number of carbonyl (C=O) groups excluding carboxylic acids is 1. The van der Waals surface area contributed by atoms with Crippen LogP contribution in [0.2, 0.25) is 0 Å². The van der Waals surface area contributed by atoms with Crippen LogP contribution in [0, 0.1) is 11.8 Å². The van der Waals surface area contributed by atoms with E-state index in [2.05, 4.69) is 6.07 Å². The first kappa shape index (κ1) is 10.1. The second-order valence-electron chi connectivity index (χ2n) is 5.29. The number of aryl methyl sites for hydroxylation is 1. The Balaban J connectivity index is 1.87. The zero-order valence-electron chi connectivity index (χ0n) is 9.61. The van der Waals surface area contributed by atoms with E-state index in [9.17, 15) is 4.79 Å². The van der Waals surface area contributed by atoms with Gasteiger partial charge in [0.05, 0.1) is 0 Å². The number of hydrogen-bond donors (Lipinski definition) is 0. The third kappa shape index (κ3) is 1.91. The van der Waals surface area contributed by atoms with E-state index in [1.807, 2.05) is 18.2 Å². The second kappa shape index (κ2) is 4.04. The zero-order valence-corrected chi connectivity index (χ0v) is 9.61. The van der Waals surface area contributed by atoms with Gasteiger partial charge in [0, 0.05) is 11.5 Å². The summed E-state index contributed by atoms with van der Waals surface area (Å²) in [6.45, 7) is 0. The van der Waals surface area contributed by atoms with Crippen molar-refractivity contribution in [2.45, 2.75) is 38.5 Å². The number of rotatable bonds is 2. The van der Waals surface area contributed by atoms with Crippen LogP contribution in [0.1, 0.15) is 48.0 Å². The van der Waals surface area contributed by atoms with Gasteiger partial charge in [-0.3, -0.25) is 4.79 Å². The summed E-state index contributed by atoms with van der Waals surface area (Å²) >= 11 is 0. The molecular weight excluding hydrogens is 196 g/mol. The van der Waals surface area contributed by atoms with E-state index in [4.69, 9.17) is 0 Å². The van der Waals surface area contributed by atoms with Gasteiger partial charge in [0.25, 0.3) is 0 Å². The minimum atomic E-state index is 0.316. The highest BCUT2D eigenvalue weighted by atomic mass is 16.1. The summed E-state index contributed by atoms with van der Waals surface area (Å²) in [4.78, 5) is 12.4. The highest BCUT2D eigenvalue weighted by Gasteiger charge is 2.31. The molecule has 1 atom stereocenters. The van der Waals surface area contributed by atoms with Crippen LogP contribution < -0.4 is 0 Å². The summed E-state index contributed by atoms with van der Waals surface area (Å²) in [5.74, 6) is 1.59. The van der Waals surface area contributed by atoms with Gasteiger partial charge >= 0.3 is 0 Å². The van der Waals surface area contributed by atoms with Crippen LogP contribution in [0.25, 0.3) is 0 Å². The van der Waals surface area contributed by atoms with Crippen LogP contribution in [-0.2, 0) is 6.42 Å². The van der Waals surface area contributed by atoms with Crippen LogP contribution in [0.3, 0.4) is 0 Å². The summed E-state index contributed by atoms with van der Waals surface area (Å²) < 4.78 is 0. The van der Waals surface area contributed by atoms with Crippen molar-refractivity contribution in [3.63, 3.8) is 0 Å². The Bertz CT molecular complexity index is 404. The number of Topliss-reactive ketones (excluding diaryl/α,β-unsaturated/α-hetero) is 1. The number of fused-ring (bicyclic) bond motifs is 1. The molecule has 2 aliphatic carbocycles. The molecule has 3 rings (SSSR count). The molecule has 1 fully saturated rings. The Labute approximate surface area is 96.9 Å². The van der Waals surface area contributed by atoms with Crippen molar-refractivity contribution in [3.05, 3.63) is 35.4 Å². The van der Waals surface area contributed by atoms with Crippen LogP contribution >= 0.6 is 0 Å². The van der Waals surface area contributed by atoms with E-state index in [0.29, 0.717) is 11.7 Å². The highest BCUT2D eigenvalue weighted by Crippen LogP contribution is 2.38. The molecule has 1 aromatic carbocycles. The summed E-state index contributed by atoms with van der Waals surface area (Å²) in [6, 6.07) is 8.18. The lowest BCUT2D eigenvalue weighted by Crippen LogP contribution is -2.14. The van der Waals surface area contributed by atoms with Gasteiger partial charge in [-0.2, -0.15) is 0 Å². The molecule has 0 radical (unpaired) electrons. The van der Waals surface area contributed by atoms with Gasteiger partial charge in [0.2, 0.25) is 0 Å². The molecule has 0 bridgehead atoms. The fraction of sp³-hybridized carbons (Fsp3) is 0.533. The first-order valence-corrected chi connectivity index (χ1v) is 6.46. The third-order valence-electron chi connectivity index (χ3n) is 3.97. The Hall–Kier alpha value is -1.11. The largest absolute Gasteiger partial charge is 0.294 e. The van der Waals surface area contributed by atoms with Crippen molar-refractivity contribution in [1.29, 1.82) is 0 Å². The van der Waals surface area contributed by atoms with Gasteiger partial charge in [0.1, 0.15) is 0 Å². The van der Waals surface area contributed by atoms with Crippen LogP contribution in [-0.4, -0.2) is 5.78 Å². The van der Waals surface area contributed by atoms with Crippen molar-refractivity contribution in [2.24, 2.45) is 11.8 Å². The highest BCUT2D eigenvalue weighted by molar-refractivity contribution is 5.99. The van der Waals surface area contributed by atoms with Crippen molar-refractivity contribution in [3.8, 4) is 0 Å². The molecule has 1 unspecified atom stereocenters. The maximum absolute atomic E-state index is 12.4. The van der Waals surface area contributed by atoms with Crippen LogP contribution in [0.15, 0.2) is 24.3 Å². The Morgan fingerprint density at radius 1 is 1.12 bits per heavy atom. The summed E-state index contributed by atoms with van der Waals surface area (Å²) in [5, 5.41) is 0. The number of benzene rings is 1. The van der Waals surface area contributed by atoms with E-state index in [1.165, 1.54) is 24.8 Å². The summed E-state index contributed by atoms with van der Waals surface area (Å²) in [7, 11) is 0. The molecule has 0 N–H and O–H groups in total. The van der Waals surface area contributed by atoms with Gasteiger partial charge in [0.15, 0.2) is 5.78 Å². The van der Waals surface area contributed by atoms with Crippen molar-refractivity contribution >= 4 is 5.78 Å². The average molecular weight is 214 g/mol. The SMILES string of the molecule is O=C1c2ccccc2CCCC1CC1CC1. The monoisotopic (exact) mass is 214 g/mol. The molecule has 0 aromatic heterocycles. The van der Waals surface area contributed by atoms with Gasteiger partial charge < -0.3 is 0 Å². The Kier molecular flexibility index (Phi) is 2.55. The number of ketones is 1. The zero-order chi connectivity index (χ0) is 11.0. The first-order valence-electron chi connectivity index (χ1n) is 6.46. The Morgan fingerprint density at radius 3 is 2.75 bits per heavy atom. The average Bonchev–Trinajstić information content (AvgIpc) is 3.11. The van der Waals surface area contributed by atoms with E-state index < -0.39 is 0 Å². The molecule has 84 valence electrons. The molecule has 0 saturated heterocycles. The second-order valence-corrected chi connectivity index (χ2v) is 5.29. The molecule has 1 heteroatoms. The van der Waals surface area contributed by atoms with Gasteiger partial charge in [-0.05, 0) is 37.2 Å². The topological polar surface area (TPSA) is 17.1 Å². The lowest BCUT2D eigenvalue weighted by molar-refractivity contribution is 0.0905. The van der Waals surface area contributed by atoms with Crippen LogP contribution in [0.4, 0.5) is 0 Å². The molecule has 0 amide bonds. The molecule has 1 nitrogen and oxygen atoms in total. The molecular formula is C15H18O. The molecule has 1 saturated carbocycles. The lowest BCUT2D eigenvalue weighted by Gasteiger charge is -2.12. The summed E-state index contributed by atoms with van der Waals surface area (Å²) in [6.07, 6.45) is 7.22. The van der Waals surface area contributed by atoms with Crippen molar-refractivity contribution in [2.75, 3.05) is 0 Å². The molecule has 2 aliphatic rings. The van der Waals surface area contributed by atoms with Crippen molar-refractivity contribution in [1.82, 2.24) is 0 Å². The van der Waals surface area contributed by atoms with E-state index in [1.54, 1.807) is 0 Å². The van der Waals surface area contributed by atoms with Gasteiger partial charge in [-0.1, -0.05) is 37.1 Å². The van der Waals surface area contributed by atoms with E-state index >= 15 is 0 Å². The third-order valence-corrected chi connectivity index (χ3v) is 3.97.